The molecule has 202 valence electrons. The van der Waals surface area contributed by atoms with Gasteiger partial charge in [-0.3, -0.25) is 10.2 Å². The fourth-order valence-electron chi connectivity index (χ4n) is 4.32. The lowest BCUT2D eigenvalue weighted by atomic mass is 9.81. The van der Waals surface area contributed by atoms with Crippen molar-refractivity contribution in [3.05, 3.63) is 106 Å². The van der Waals surface area contributed by atoms with Gasteiger partial charge < -0.3 is 14.6 Å². The van der Waals surface area contributed by atoms with Gasteiger partial charge in [-0.15, -0.1) is 0 Å². The first kappa shape index (κ1) is 27.7. The van der Waals surface area contributed by atoms with Crippen molar-refractivity contribution in [2.75, 3.05) is 13.2 Å². The van der Waals surface area contributed by atoms with Crippen molar-refractivity contribution < 1.29 is 19.4 Å². The van der Waals surface area contributed by atoms with E-state index in [4.69, 9.17) is 25.1 Å². The first-order valence-corrected chi connectivity index (χ1v) is 12.8. The number of hydrazine groups is 1. The number of azide groups is 1. The molecule has 0 unspecified atom stereocenters. The van der Waals surface area contributed by atoms with E-state index in [1.807, 2.05) is 68.4 Å². The fraction of sp³-hybridized carbons (Fsp3) is 0.310. The highest BCUT2D eigenvalue weighted by atomic mass is 16.5. The number of benzene rings is 3. The number of carbonyl (C=O) groups is 1. The average Bonchev–Trinajstić information content (AvgIpc) is 3.34. The van der Waals surface area contributed by atoms with Gasteiger partial charge in [0.15, 0.2) is 11.6 Å². The number of ether oxygens (including phenoxy) is 2. The molecule has 0 bridgehead atoms. The second-order valence-electron chi connectivity index (χ2n) is 9.45. The number of hydrogen-bond donors (Lipinski definition) is 3. The van der Waals surface area contributed by atoms with E-state index in [0.717, 1.165) is 5.56 Å². The third kappa shape index (κ3) is 6.56. The van der Waals surface area contributed by atoms with Crippen LogP contribution in [0.2, 0.25) is 0 Å². The summed E-state index contributed by atoms with van der Waals surface area (Å²) in [6, 6.07) is 23.8. The summed E-state index contributed by atoms with van der Waals surface area (Å²) >= 11 is 0. The van der Waals surface area contributed by atoms with Crippen molar-refractivity contribution in [3.8, 4) is 5.75 Å². The lowest BCUT2D eigenvalue weighted by Gasteiger charge is -2.31. The zero-order valence-corrected chi connectivity index (χ0v) is 21.9. The van der Waals surface area contributed by atoms with Gasteiger partial charge in [0.25, 0.3) is 5.91 Å². The van der Waals surface area contributed by atoms with Gasteiger partial charge in [-0.2, -0.15) is 0 Å². The van der Waals surface area contributed by atoms with Gasteiger partial charge in [0.05, 0.1) is 6.61 Å². The molecule has 0 saturated carbocycles. The Morgan fingerprint density at radius 3 is 2.54 bits per heavy atom. The van der Waals surface area contributed by atoms with Crippen LogP contribution in [0, 0.1) is 0 Å². The summed E-state index contributed by atoms with van der Waals surface area (Å²) in [5.41, 5.74) is 16.1. The van der Waals surface area contributed by atoms with Crippen LogP contribution < -0.4 is 15.6 Å². The van der Waals surface area contributed by atoms with Crippen molar-refractivity contribution in [2.45, 2.75) is 44.4 Å². The molecule has 2 atom stereocenters. The van der Waals surface area contributed by atoms with Crippen LogP contribution in [-0.2, 0) is 16.0 Å². The van der Waals surface area contributed by atoms with E-state index in [0.29, 0.717) is 41.5 Å². The number of nitrogens with one attached hydrogen (secondary N) is 2. The molecule has 0 aromatic heterocycles. The summed E-state index contributed by atoms with van der Waals surface area (Å²) in [6.45, 7) is 4.30. The fourth-order valence-corrected chi connectivity index (χ4v) is 4.32. The minimum atomic E-state index is -1.42. The molecule has 0 spiro atoms. The molecule has 1 heterocycles. The highest BCUT2D eigenvalue weighted by Crippen LogP contribution is 2.43. The van der Waals surface area contributed by atoms with Crippen LogP contribution in [0.1, 0.15) is 43.1 Å². The molecule has 39 heavy (non-hydrogen) atoms. The van der Waals surface area contributed by atoms with Crippen molar-refractivity contribution >= 4 is 17.5 Å². The number of hydrogen-bond acceptors (Lipinski definition) is 7. The molecule has 3 N–H and O–H groups in total. The first-order valence-electron chi connectivity index (χ1n) is 12.8. The topological polar surface area (TPSA) is 141 Å². The lowest BCUT2D eigenvalue weighted by molar-refractivity contribution is -0.130. The van der Waals surface area contributed by atoms with Gasteiger partial charge in [0.1, 0.15) is 5.75 Å². The maximum absolute atomic E-state index is 14.0. The number of aliphatic hydroxyl groups excluding tert-OH is 1. The van der Waals surface area contributed by atoms with Crippen LogP contribution >= 0.6 is 0 Å². The lowest BCUT2D eigenvalue weighted by Crippen LogP contribution is -2.55. The zero-order valence-electron chi connectivity index (χ0n) is 21.9. The molecule has 1 aliphatic heterocycles. The van der Waals surface area contributed by atoms with Gasteiger partial charge in [0.2, 0.25) is 5.90 Å². The second-order valence-corrected chi connectivity index (χ2v) is 9.45. The van der Waals surface area contributed by atoms with E-state index in [9.17, 15) is 4.79 Å². The summed E-state index contributed by atoms with van der Waals surface area (Å²) in [4.78, 5) is 21.9. The normalized spacial score (nSPS) is 18.2. The van der Waals surface area contributed by atoms with Crippen molar-refractivity contribution in [1.82, 2.24) is 10.9 Å². The molecule has 0 saturated heterocycles. The summed E-state index contributed by atoms with van der Waals surface area (Å²) in [5, 5.41) is 12.8. The van der Waals surface area contributed by atoms with E-state index in [-0.39, 0.29) is 25.0 Å². The Morgan fingerprint density at radius 2 is 1.85 bits per heavy atom. The molecule has 1 aliphatic rings. The molecule has 10 heteroatoms. The van der Waals surface area contributed by atoms with Crippen LogP contribution in [0.15, 0.2) is 89.0 Å². The molecule has 0 fully saturated rings. The summed E-state index contributed by atoms with van der Waals surface area (Å²) < 4.78 is 12.1. The Bertz CT molecular complexity index is 1340. The molecule has 0 radical (unpaired) electrons. The summed E-state index contributed by atoms with van der Waals surface area (Å²) in [6.07, 6.45) is -0.100. The molecule has 10 nitrogen and oxygen atoms in total. The van der Waals surface area contributed by atoms with E-state index < -0.39 is 11.6 Å². The standard InChI is InChI=1S/C29H32N6O4/c1-20(2)32-34-28(37)29(19-23-11-6-7-12-25(23)33-35-30)26(21-9-4-3-5-10-21)39-27(31-29)22-13-15-24(16-14-22)38-18-8-17-36/h3-7,9-16,20,26,32,36H,8,17-19H2,1-2H3,(H,34,37)/t26-,29-/m0/s1. The van der Waals surface area contributed by atoms with Crippen molar-refractivity contribution in [2.24, 2.45) is 10.1 Å². The minimum absolute atomic E-state index is 0.0131. The Balaban J connectivity index is 1.80. The van der Waals surface area contributed by atoms with Gasteiger partial charge in [0, 0.05) is 41.7 Å². The smallest absolute Gasteiger partial charge is 0.266 e. The van der Waals surface area contributed by atoms with E-state index in [1.165, 1.54) is 0 Å². The van der Waals surface area contributed by atoms with Crippen LogP contribution in [0.3, 0.4) is 0 Å². The number of nitrogens with zero attached hydrogens (tertiary/aromatic N) is 4. The Kier molecular flexibility index (Phi) is 9.17. The maximum atomic E-state index is 14.0. The quantitative estimate of drug-likeness (QED) is 0.101. The average molecular weight is 529 g/mol. The Hall–Kier alpha value is -4.37. The SMILES string of the molecule is CC(C)NNC(=O)[C@@]1(Cc2ccccc2N=[N+]=[N-])N=C(c2ccc(OCCCO)cc2)O[C@H]1c1ccccc1. The number of amides is 1. The molecular formula is C29H32N6O4. The Morgan fingerprint density at radius 1 is 1.13 bits per heavy atom. The van der Waals surface area contributed by atoms with Crippen molar-refractivity contribution in [1.29, 1.82) is 0 Å². The predicted octanol–water partition coefficient (Wildman–Crippen LogP) is 4.92. The van der Waals surface area contributed by atoms with Crippen molar-refractivity contribution in [3.63, 3.8) is 0 Å². The van der Waals surface area contributed by atoms with Crippen LogP contribution in [0.4, 0.5) is 5.69 Å². The second kappa shape index (κ2) is 12.9. The molecule has 0 aliphatic carbocycles. The number of rotatable bonds is 12. The summed E-state index contributed by atoms with van der Waals surface area (Å²) in [5.74, 6) is 0.588. The number of aliphatic imine (C=N–C) groups is 1. The molecule has 3 aromatic carbocycles. The van der Waals surface area contributed by atoms with Crippen LogP contribution in [0.5, 0.6) is 5.75 Å². The first-order chi connectivity index (χ1) is 19.0. The highest BCUT2D eigenvalue weighted by molar-refractivity contribution is 6.01. The monoisotopic (exact) mass is 528 g/mol. The summed E-state index contributed by atoms with van der Waals surface area (Å²) in [7, 11) is 0. The minimum Gasteiger partial charge on any atom is -0.494 e. The largest absolute Gasteiger partial charge is 0.494 e. The zero-order chi connectivity index (χ0) is 27.7. The highest BCUT2D eigenvalue weighted by Gasteiger charge is 2.53. The molecular weight excluding hydrogens is 496 g/mol. The van der Waals surface area contributed by atoms with Gasteiger partial charge in [-0.1, -0.05) is 59.7 Å². The van der Waals surface area contributed by atoms with E-state index in [2.05, 4.69) is 20.9 Å². The van der Waals surface area contributed by atoms with Gasteiger partial charge >= 0.3 is 0 Å². The van der Waals surface area contributed by atoms with E-state index in [1.54, 1.807) is 24.3 Å². The van der Waals surface area contributed by atoms with Crippen LogP contribution in [-0.4, -0.2) is 41.7 Å². The predicted molar refractivity (Wildman–Crippen MR) is 149 cm³/mol. The van der Waals surface area contributed by atoms with Crippen LogP contribution in [0.25, 0.3) is 10.4 Å². The van der Waals surface area contributed by atoms with E-state index >= 15 is 0 Å². The Labute approximate surface area is 227 Å². The third-order valence-electron chi connectivity index (χ3n) is 6.21. The molecule has 1 amide bonds. The number of carbonyl (C=O) groups excluding carboxylic acids is 1. The van der Waals surface area contributed by atoms with Gasteiger partial charge in [-0.05, 0) is 54.8 Å². The number of aliphatic hydroxyl groups is 1. The van der Waals surface area contributed by atoms with Gasteiger partial charge in [-0.25, -0.2) is 10.4 Å². The molecule has 3 aromatic rings. The maximum Gasteiger partial charge on any atom is 0.266 e. The molecule has 4 rings (SSSR count). The third-order valence-corrected chi connectivity index (χ3v) is 6.21.